The smallest absolute Gasteiger partial charge is 0.410 e. The van der Waals surface area contributed by atoms with Crippen molar-refractivity contribution in [2.75, 3.05) is 13.1 Å². The number of imidazole rings is 1. The second kappa shape index (κ2) is 8.35. The summed E-state index contributed by atoms with van der Waals surface area (Å²) in [6.07, 6.45) is 4.36. The number of carbonyl (C=O) groups excluding carboxylic acids is 1. The van der Waals surface area contributed by atoms with Gasteiger partial charge in [-0.05, 0) is 45.4 Å². The Morgan fingerprint density at radius 2 is 1.86 bits per heavy atom. The van der Waals surface area contributed by atoms with Crippen LogP contribution in [0.2, 0.25) is 0 Å². The van der Waals surface area contributed by atoms with Crippen molar-refractivity contribution >= 4 is 22.8 Å². The number of halogens is 2. The molecule has 0 spiro atoms. The highest BCUT2D eigenvalue weighted by Gasteiger charge is 2.41. The minimum atomic E-state index is -2.01. The number of H-pyrrole nitrogens is 1. The van der Waals surface area contributed by atoms with Gasteiger partial charge in [-0.1, -0.05) is 0 Å². The fraction of sp³-hybridized carbons (Fsp3) is 0.400. The molecule has 11 heteroatoms. The lowest BCUT2D eigenvalue weighted by atomic mass is 9.92. The van der Waals surface area contributed by atoms with E-state index in [9.17, 15) is 9.59 Å². The van der Waals surface area contributed by atoms with Crippen molar-refractivity contribution in [3.63, 3.8) is 0 Å². The Labute approximate surface area is 205 Å². The number of ether oxygens (including phenoxy) is 1. The number of piperidine rings is 1. The Balaban J connectivity index is 1.45. The van der Waals surface area contributed by atoms with E-state index in [2.05, 4.69) is 19.9 Å². The number of carbonyl (C=O) groups is 1. The largest absolute Gasteiger partial charge is 0.444 e. The van der Waals surface area contributed by atoms with Gasteiger partial charge >= 0.3 is 6.09 Å². The predicted octanol–water partition coefficient (Wildman–Crippen LogP) is 4.28. The zero-order valence-electron chi connectivity index (χ0n) is 20.4. The van der Waals surface area contributed by atoms with Crippen LogP contribution >= 0.6 is 0 Å². The van der Waals surface area contributed by atoms with Gasteiger partial charge in [-0.3, -0.25) is 9.20 Å². The lowest BCUT2D eigenvalue weighted by Crippen LogP contribution is -2.46. The average Bonchev–Trinajstić information content (AvgIpc) is 3.18. The summed E-state index contributed by atoms with van der Waals surface area (Å²) in [5.41, 5.74) is -1.73. The van der Waals surface area contributed by atoms with Crippen LogP contribution in [0.4, 0.5) is 13.6 Å². The van der Waals surface area contributed by atoms with Crippen LogP contribution in [0, 0.1) is 12.7 Å². The van der Waals surface area contributed by atoms with Gasteiger partial charge < -0.3 is 14.6 Å². The fourth-order valence-corrected chi connectivity index (χ4v) is 4.34. The Kier molecular flexibility index (Phi) is 5.53. The molecule has 0 aliphatic carbocycles. The Bertz CT molecular complexity index is 1550. The SMILES string of the molecule is Cc1cn2cc(-c3cc(F)c4nc(C5(F)CCN(C(=O)OC(C)(C)C)CC5)[nH]c(=O)c4c3)cnc2n1. The molecule has 4 heterocycles. The van der Waals surface area contributed by atoms with Gasteiger partial charge in [-0.15, -0.1) is 0 Å². The number of aryl methyl sites for hydroxylation is 1. The van der Waals surface area contributed by atoms with E-state index in [1.807, 2.05) is 6.92 Å². The van der Waals surface area contributed by atoms with Crippen LogP contribution in [-0.4, -0.2) is 54.0 Å². The minimum Gasteiger partial charge on any atom is -0.444 e. The molecule has 1 fully saturated rings. The minimum absolute atomic E-state index is 0.00505. The zero-order valence-corrected chi connectivity index (χ0v) is 20.4. The molecule has 1 saturated heterocycles. The van der Waals surface area contributed by atoms with Gasteiger partial charge in [0.1, 0.15) is 22.8 Å². The monoisotopic (exact) mass is 496 g/mol. The van der Waals surface area contributed by atoms with Gasteiger partial charge in [-0.2, -0.15) is 0 Å². The number of aromatic nitrogens is 5. The van der Waals surface area contributed by atoms with Crippen molar-refractivity contribution in [3.8, 4) is 11.1 Å². The summed E-state index contributed by atoms with van der Waals surface area (Å²) in [5.74, 6) is -0.480. The van der Waals surface area contributed by atoms with Crippen LogP contribution in [-0.2, 0) is 10.4 Å². The molecule has 0 radical (unpaired) electrons. The molecular weight excluding hydrogens is 470 g/mol. The van der Waals surface area contributed by atoms with E-state index in [0.717, 1.165) is 5.69 Å². The number of likely N-dealkylation sites (tertiary alicyclic amines) is 1. The number of nitrogens with zero attached hydrogens (tertiary/aromatic N) is 5. The molecule has 36 heavy (non-hydrogen) atoms. The van der Waals surface area contributed by atoms with Crippen LogP contribution in [0.1, 0.15) is 45.1 Å². The van der Waals surface area contributed by atoms with Crippen molar-refractivity contribution in [1.29, 1.82) is 0 Å². The van der Waals surface area contributed by atoms with Gasteiger partial charge in [0, 0.05) is 50.1 Å². The van der Waals surface area contributed by atoms with E-state index in [1.54, 1.807) is 43.8 Å². The van der Waals surface area contributed by atoms with Crippen LogP contribution < -0.4 is 5.56 Å². The predicted molar refractivity (Wildman–Crippen MR) is 129 cm³/mol. The lowest BCUT2D eigenvalue weighted by Gasteiger charge is -2.36. The summed E-state index contributed by atoms with van der Waals surface area (Å²) in [5, 5.41) is 0.00505. The van der Waals surface area contributed by atoms with E-state index in [0.29, 0.717) is 16.9 Å². The molecule has 9 nitrogen and oxygen atoms in total. The summed E-state index contributed by atoms with van der Waals surface area (Å²) in [7, 11) is 0. The molecule has 1 aliphatic heterocycles. The molecule has 5 rings (SSSR count). The second-order valence-electron chi connectivity index (χ2n) is 10.1. The van der Waals surface area contributed by atoms with E-state index in [-0.39, 0.29) is 42.7 Å². The average molecular weight is 497 g/mol. The first kappa shape index (κ1) is 23.8. The standard InChI is InChI=1S/C25H26F2N6O3/c1-14-12-33-13-16(11-28-22(33)29-14)15-9-17-19(18(26)10-15)30-21(31-20(17)34)25(27)5-7-32(8-6-25)23(35)36-24(2,3)4/h9-13H,5-8H2,1-4H3,(H,30,31,34). The van der Waals surface area contributed by atoms with Gasteiger partial charge in [-0.25, -0.2) is 28.5 Å². The maximum Gasteiger partial charge on any atom is 0.410 e. The highest BCUT2D eigenvalue weighted by molar-refractivity contribution is 5.84. The van der Waals surface area contributed by atoms with E-state index >= 15 is 8.78 Å². The summed E-state index contributed by atoms with van der Waals surface area (Å²) < 4.78 is 38.1. The second-order valence-corrected chi connectivity index (χ2v) is 10.1. The van der Waals surface area contributed by atoms with Gasteiger partial charge in [0.15, 0.2) is 5.67 Å². The van der Waals surface area contributed by atoms with Gasteiger partial charge in [0.2, 0.25) is 5.78 Å². The maximum absolute atomic E-state index is 15.9. The van der Waals surface area contributed by atoms with Crippen LogP contribution in [0.5, 0.6) is 0 Å². The number of amides is 1. The summed E-state index contributed by atoms with van der Waals surface area (Å²) >= 11 is 0. The number of alkyl halides is 1. The third-order valence-electron chi connectivity index (χ3n) is 6.16. The zero-order chi connectivity index (χ0) is 25.8. The van der Waals surface area contributed by atoms with E-state index in [4.69, 9.17) is 4.74 Å². The Morgan fingerprint density at radius 1 is 1.14 bits per heavy atom. The maximum atomic E-state index is 15.9. The quantitative estimate of drug-likeness (QED) is 0.444. The number of nitrogens with one attached hydrogen (secondary N) is 1. The first-order valence-electron chi connectivity index (χ1n) is 11.6. The number of rotatable bonds is 2. The number of hydrogen-bond acceptors (Lipinski definition) is 6. The van der Waals surface area contributed by atoms with Crippen molar-refractivity contribution < 1.29 is 18.3 Å². The lowest BCUT2D eigenvalue weighted by molar-refractivity contribution is 0.000196. The van der Waals surface area contributed by atoms with Crippen LogP contribution in [0.25, 0.3) is 27.8 Å². The molecule has 0 saturated carbocycles. The molecule has 188 valence electrons. The normalized spacial score (nSPS) is 16.0. The molecule has 1 N–H and O–H groups in total. The van der Waals surface area contributed by atoms with Crippen LogP contribution in [0.15, 0.2) is 35.5 Å². The highest BCUT2D eigenvalue weighted by atomic mass is 19.1. The van der Waals surface area contributed by atoms with Crippen molar-refractivity contribution in [2.45, 2.75) is 51.8 Å². The molecule has 1 amide bonds. The third-order valence-corrected chi connectivity index (χ3v) is 6.16. The van der Waals surface area contributed by atoms with Gasteiger partial charge in [0.25, 0.3) is 5.56 Å². The highest BCUT2D eigenvalue weighted by Crippen LogP contribution is 2.36. The summed E-state index contributed by atoms with van der Waals surface area (Å²) in [6, 6.07) is 2.76. The van der Waals surface area contributed by atoms with E-state index < -0.39 is 28.7 Å². The molecule has 3 aromatic heterocycles. The third kappa shape index (κ3) is 4.40. The van der Waals surface area contributed by atoms with E-state index in [1.165, 1.54) is 17.0 Å². The first-order valence-corrected chi connectivity index (χ1v) is 11.6. The summed E-state index contributed by atoms with van der Waals surface area (Å²) in [4.78, 5) is 41.9. The number of fused-ring (bicyclic) bond motifs is 2. The van der Waals surface area contributed by atoms with Gasteiger partial charge in [0.05, 0.1) is 11.1 Å². The number of benzene rings is 1. The van der Waals surface area contributed by atoms with Crippen molar-refractivity contribution in [1.82, 2.24) is 29.2 Å². The van der Waals surface area contributed by atoms with Crippen molar-refractivity contribution in [3.05, 3.63) is 58.4 Å². The number of aromatic amines is 1. The molecular formula is C25H26F2N6O3. The Morgan fingerprint density at radius 3 is 2.56 bits per heavy atom. The molecule has 1 aromatic carbocycles. The van der Waals surface area contributed by atoms with Crippen LogP contribution in [0.3, 0.4) is 0 Å². The summed E-state index contributed by atoms with van der Waals surface area (Å²) in [6.45, 7) is 7.27. The van der Waals surface area contributed by atoms with Crippen molar-refractivity contribution in [2.24, 2.45) is 0 Å². The molecule has 0 unspecified atom stereocenters. The molecule has 0 atom stereocenters. The fourth-order valence-electron chi connectivity index (χ4n) is 4.34. The topological polar surface area (TPSA) is 105 Å². The molecule has 0 bridgehead atoms. The molecule has 1 aliphatic rings. The first-order chi connectivity index (χ1) is 16.9. The number of hydrogen-bond donors (Lipinski definition) is 1. The molecule has 4 aromatic rings. The Hall–Kier alpha value is -3.89.